The highest BCUT2D eigenvalue weighted by Crippen LogP contribution is 2.36. The molecule has 0 amide bonds. The quantitative estimate of drug-likeness (QED) is 0.777. The van der Waals surface area contributed by atoms with Crippen LogP contribution in [-0.2, 0) is 0 Å². The molecule has 1 aliphatic rings. The second-order valence-electron chi connectivity index (χ2n) is 3.79. The van der Waals surface area contributed by atoms with Crippen molar-refractivity contribution in [1.29, 1.82) is 0 Å². The van der Waals surface area contributed by atoms with Crippen molar-refractivity contribution in [3.05, 3.63) is 59.1 Å². The van der Waals surface area contributed by atoms with E-state index >= 15 is 0 Å². The first kappa shape index (κ1) is 9.55. The molecule has 0 spiro atoms. The Hall–Kier alpha value is -1.67. The summed E-state index contributed by atoms with van der Waals surface area (Å²) in [6.45, 7) is 0. The first-order chi connectivity index (χ1) is 7.84. The molecule has 0 saturated carbocycles. The van der Waals surface area contributed by atoms with Crippen molar-refractivity contribution in [2.75, 3.05) is 10.6 Å². The molecule has 80 valence electrons. The lowest BCUT2D eigenvalue weighted by molar-refractivity contribution is 0.942. The number of fused-ring (bicyclic) bond motifs is 1. The van der Waals surface area contributed by atoms with Gasteiger partial charge in [0.1, 0.15) is 6.17 Å². The molecule has 0 saturated heterocycles. The summed E-state index contributed by atoms with van der Waals surface area (Å²) < 4.78 is 0. The second kappa shape index (κ2) is 3.72. The molecular formula is C13H11ClN2. The molecule has 0 fully saturated rings. The maximum atomic E-state index is 6.17. The molecule has 0 bridgehead atoms. The van der Waals surface area contributed by atoms with Gasteiger partial charge in [-0.05, 0) is 18.2 Å². The molecule has 3 rings (SSSR count). The molecule has 0 aliphatic carbocycles. The van der Waals surface area contributed by atoms with Gasteiger partial charge in [0, 0.05) is 10.6 Å². The first-order valence-corrected chi connectivity index (χ1v) is 5.59. The predicted molar refractivity (Wildman–Crippen MR) is 67.9 cm³/mol. The zero-order valence-electron chi connectivity index (χ0n) is 8.57. The summed E-state index contributed by atoms with van der Waals surface area (Å²) in [5.41, 5.74) is 3.31. The highest BCUT2D eigenvalue weighted by atomic mass is 35.5. The Morgan fingerprint density at radius 2 is 1.38 bits per heavy atom. The van der Waals surface area contributed by atoms with Gasteiger partial charge in [-0.15, -0.1) is 0 Å². The van der Waals surface area contributed by atoms with Crippen LogP contribution >= 0.6 is 11.6 Å². The molecule has 2 N–H and O–H groups in total. The third kappa shape index (κ3) is 1.51. The number of hydrogen-bond acceptors (Lipinski definition) is 2. The summed E-state index contributed by atoms with van der Waals surface area (Å²) in [5.74, 6) is 0. The van der Waals surface area contributed by atoms with E-state index in [1.807, 2.05) is 36.4 Å². The van der Waals surface area contributed by atoms with Gasteiger partial charge in [-0.25, -0.2) is 0 Å². The van der Waals surface area contributed by atoms with E-state index in [4.69, 9.17) is 11.6 Å². The number of hydrogen-bond donors (Lipinski definition) is 2. The van der Waals surface area contributed by atoms with Gasteiger partial charge in [0.25, 0.3) is 0 Å². The minimum atomic E-state index is 0.0612. The molecule has 2 aromatic carbocycles. The Kier molecular flexibility index (Phi) is 2.22. The van der Waals surface area contributed by atoms with E-state index in [-0.39, 0.29) is 6.17 Å². The average molecular weight is 231 g/mol. The summed E-state index contributed by atoms with van der Waals surface area (Å²) in [7, 11) is 0. The molecule has 0 atom stereocenters. The lowest BCUT2D eigenvalue weighted by Crippen LogP contribution is -2.12. The van der Waals surface area contributed by atoms with Crippen LogP contribution in [0.5, 0.6) is 0 Å². The first-order valence-electron chi connectivity index (χ1n) is 5.21. The second-order valence-corrected chi connectivity index (χ2v) is 4.20. The maximum Gasteiger partial charge on any atom is 0.125 e. The smallest absolute Gasteiger partial charge is 0.125 e. The number of para-hydroxylation sites is 2. The van der Waals surface area contributed by atoms with Crippen molar-refractivity contribution in [2.45, 2.75) is 6.17 Å². The van der Waals surface area contributed by atoms with Crippen molar-refractivity contribution in [3.63, 3.8) is 0 Å². The van der Waals surface area contributed by atoms with Gasteiger partial charge in [-0.1, -0.05) is 41.9 Å². The monoisotopic (exact) mass is 230 g/mol. The highest BCUT2D eigenvalue weighted by Gasteiger charge is 2.21. The number of rotatable bonds is 1. The molecular weight excluding hydrogens is 220 g/mol. The molecule has 3 heteroatoms. The van der Waals surface area contributed by atoms with E-state index in [1.165, 1.54) is 0 Å². The number of nitrogens with one attached hydrogen (secondary N) is 2. The zero-order valence-corrected chi connectivity index (χ0v) is 9.33. The van der Waals surface area contributed by atoms with E-state index in [0.29, 0.717) is 0 Å². The van der Waals surface area contributed by atoms with Crippen molar-refractivity contribution in [2.24, 2.45) is 0 Å². The average Bonchev–Trinajstić information content (AvgIpc) is 2.73. The van der Waals surface area contributed by atoms with E-state index in [0.717, 1.165) is 22.0 Å². The van der Waals surface area contributed by atoms with E-state index in [9.17, 15) is 0 Å². The van der Waals surface area contributed by atoms with E-state index < -0.39 is 0 Å². The van der Waals surface area contributed by atoms with Crippen LogP contribution < -0.4 is 10.6 Å². The van der Waals surface area contributed by atoms with Crippen LogP contribution in [0.4, 0.5) is 11.4 Å². The molecule has 1 heterocycles. The van der Waals surface area contributed by atoms with Crippen molar-refractivity contribution >= 4 is 23.0 Å². The SMILES string of the molecule is Clc1ccccc1C1Nc2ccccc2N1. The maximum absolute atomic E-state index is 6.17. The normalized spacial score (nSPS) is 14.1. The van der Waals surface area contributed by atoms with Crippen molar-refractivity contribution in [1.82, 2.24) is 0 Å². The number of benzene rings is 2. The summed E-state index contributed by atoms with van der Waals surface area (Å²) in [4.78, 5) is 0. The van der Waals surface area contributed by atoms with Crippen LogP contribution in [-0.4, -0.2) is 0 Å². The summed E-state index contributed by atoms with van der Waals surface area (Å²) in [6, 6.07) is 16.0. The van der Waals surface area contributed by atoms with Gasteiger partial charge in [0.15, 0.2) is 0 Å². The van der Waals surface area contributed by atoms with Gasteiger partial charge in [0.2, 0.25) is 0 Å². The summed E-state index contributed by atoms with van der Waals surface area (Å²) in [6.07, 6.45) is 0.0612. The Morgan fingerprint density at radius 1 is 0.812 bits per heavy atom. The third-order valence-electron chi connectivity index (χ3n) is 2.74. The molecule has 1 aliphatic heterocycles. The largest absolute Gasteiger partial charge is 0.360 e. The van der Waals surface area contributed by atoms with Gasteiger partial charge >= 0.3 is 0 Å². The minimum Gasteiger partial charge on any atom is -0.360 e. The summed E-state index contributed by atoms with van der Waals surface area (Å²) in [5, 5.41) is 7.57. The Labute approximate surface area is 99.3 Å². The molecule has 2 aromatic rings. The third-order valence-corrected chi connectivity index (χ3v) is 3.09. The van der Waals surface area contributed by atoms with Gasteiger partial charge in [-0.3, -0.25) is 0 Å². The fourth-order valence-corrected chi connectivity index (χ4v) is 2.19. The van der Waals surface area contributed by atoms with Crippen LogP contribution in [0, 0.1) is 0 Å². The van der Waals surface area contributed by atoms with Crippen LogP contribution in [0.25, 0.3) is 0 Å². The molecule has 16 heavy (non-hydrogen) atoms. The van der Waals surface area contributed by atoms with E-state index in [2.05, 4.69) is 22.8 Å². The molecule has 0 aromatic heterocycles. The molecule has 0 unspecified atom stereocenters. The van der Waals surface area contributed by atoms with Gasteiger partial charge in [-0.2, -0.15) is 0 Å². The van der Waals surface area contributed by atoms with Crippen LogP contribution in [0.1, 0.15) is 11.7 Å². The summed E-state index contributed by atoms with van der Waals surface area (Å²) >= 11 is 6.17. The van der Waals surface area contributed by atoms with Gasteiger partial charge < -0.3 is 10.6 Å². The van der Waals surface area contributed by atoms with Crippen LogP contribution in [0.3, 0.4) is 0 Å². The van der Waals surface area contributed by atoms with E-state index in [1.54, 1.807) is 0 Å². The zero-order chi connectivity index (χ0) is 11.0. The lowest BCUT2D eigenvalue weighted by atomic mass is 10.2. The lowest BCUT2D eigenvalue weighted by Gasteiger charge is -2.14. The molecule has 0 radical (unpaired) electrons. The Balaban J connectivity index is 1.95. The minimum absolute atomic E-state index is 0.0612. The fraction of sp³-hybridized carbons (Fsp3) is 0.0769. The van der Waals surface area contributed by atoms with Crippen molar-refractivity contribution < 1.29 is 0 Å². The van der Waals surface area contributed by atoms with Crippen molar-refractivity contribution in [3.8, 4) is 0 Å². The molecule has 2 nitrogen and oxygen atoms in total. The van der Waals surface area contributed by atoms with Crippen LogP contribution in [0.2, 0.25) is 5.02 Å². The fourth-order valence-electron chi connectivity index (χ4n) is 1.95. The standard InChI is InChI=1S/C13H11ClN2/c14-10-6-2-1-5-9(10)13-15-11-7-3-4-8-12(11)16-13/h1-8,13,15-16H. The highest BCUT2D eigenvalue weighted by molar-refractivity contribution is 6.31. The topological polar surface area (TPSA) is 24.1 Å². The number of anilines is 2. The number of halogens is 1. The Bertz CT molecular complexity index is 500. The predicted octanol–water partition coefficient (Wildman–Crippen LogP) is 3.88. The van der Waals surface area contributed by atoms with Crippen LogP contribution in [0.15, 0.2) is 48.5 Å². The Morgan fingerprint density at radius 3 is 2.00 bits per heavy atom. The van der Waals surface area contributed by atoms with Gasteiger partial charge in [0.05, 0.1) is 11.4 Å².